The first-order chi connectivity index (χ1) is 11.9. The highest BCUT2D eigenvalue weighted by Gasteiger charge is 2.20. The van der Waals surface area contributed by atoms with E-state index in [0.29, 0.717) is 18.2 Å². The van der Waals surface area contributed by atoms with Crippen LogP contribution in [-0.4, -0.2) is 75.0 Å². The van der Waals surface area contributed by atoms with E-state index in [1.165, 1.54) is 19.8 Å². The minimum atomic E-state index is -0.0693. The average molecular weight is 346 g/mol. The Hall–Kier alpha value is -1.92. The molecule has 1 aliphatic rings. The zero-order valence-electron chi connectivity index (χ0n) is 15.8. The van der Waals surface area contributed by atoms with Crippen molar-refractivity contribution in [2.75, 3.05) is 52.2 Å². The van der Waals surface area contributed by atoms with Gasteiger partial charge in [0.2, 0.25) is 5.91 Å². The van der Waals surface area contributed by atoms with Crippen molar-refractivity contribution >= 4 is 17.5 Å². The van der Waals surface area contributed by atoms with Crippen LogP contribution in [0.3, 0.4) is 0 Å². The fraction of sp³-hybridized carbons (Fsp3) is 0.579. The number of amides is 2. The van der Waals surface area contributed by atoms with Crippen molar-refractivity contribution in [1.82, 2.24) is 15.1 Å². The summed E-state index contributed by atoms with van der Waals surface area (Å²) in [6.45, 7) is 5.23. The number of hydrogen-bond acceptors (Lipinski definition) is 4. The number of hydrogen-bond donors (Lipinski definition) is 1. The second-order valence-electron chi connectivity index (χ2n) is 6.92. The molecular formula is C19H30N4O2. The van der Waals surface area contributed by atoms with E-state index in [2.05, 4.69) is 29.2 Å². The number of nitrogens with zero attached hydrogens (tertiary/aromatic N) is 3. The van der Waals surface area contributed by atoms with Crippen LogP contribution in [0.2, 0.25) is 0 Å². The number of anilines is 1. The zero-order chi connectivity index (χ0) is 18.4. The minimum absolute atomic E-state index is 0.0322. The van der Waals surface area contributed by atoms with Crippen LogP contribution in [0.25, 0.3) is 0 Å². The van der Waals surface area contributed by atoms with E-state index >= 15 is 0 Å². The number of carbonyl (C=O) groups is 2. The van der Waals surface area contributed by atoms with Gasteiger partial charge in [0.1, 0.15) is 0 Å². The molecule has 0 spiro atoms. The maximum atomic E-state index is 12.2. The second kappa shape index (κ2) is 8.97. The van der Waals surface area contributed by atoms with Gasteiger partial charge < -0.3 is 20.0 Å². The molecule has 0 unspecified atom stereocenters. The molecule has 0 atom stereocenters. The van der Waals surface area contributed by atoms with Gasteiger partial charge in [-0.3, -0.25) is 9.59 Å². The molecule has 6 nitrogen and oxygen atoms in total. The van der Waals surface area contributed by atoms with Crippen LogP contribution in [0.15, 0.2) is 24.3 Å². The fourth-order valence-corrected chi connectivity index (χ4v) is 3.11. The van der Waals surface area contributed by atoms with E-state index in [1.54, 1.807) is 36.2 Å². The van der Waals surface area contributed by atoms with Crippen LogP contribution in [-0.2, 0) is 4.79 Å². The monoisotopic (exact) mass is 346 g/mol. The number of rotatable bonds is 6. The van der Waals surface area contributed by atoms with Crippen LogP contribution < -0.4 is 10.2 Å². The van der Waals surface area contributed by atoms with Gasteiger partial charge in [0.05, 0.1) is 0 Å². The van der Waals surface area contributed by atoms with Crippen LogP contribution in [0.4, 0.5) is 5.69 Å². The van der Waals surface area contributed by atoms with Gasteiger partial charge in [-0.15, -0.1) is 0 Å². The topological polar surface area (TPSA) is 55.9 Å². The summed E-state index contributed by atoms with van der Waals surface area (Å²) in [6.07, 6.45) is 2.37. The van der Waals surface area contributed by atoms with Crippen molar-refractivity contribution in [3.8, 4) is 0 Å². The summed E-state index contributed by atoms with van der Waals surface area (Å²) in [5.41, 5.74) is 1.40. The van der Waals surface area contributed by atoms with Crippen LogP contribution in [0.1, 0.15) is 30.1 Å². The van der Waals surface area contributed by atoms with E-state index in [1.807, 2.05) is 0 Å². The molecule has 1 heterocycles. The van der Waals surface area contributed by atoms with Crippen LogP contribution >= 0.6 is 0 Å². The normalized spacial score (nSPS) is 16.0. The van der Waals surface area contributed by atoms with E-state index in [4.69, 9.17) is 0 Å². The van der Waals surface area contributed by atoms with Gasteiger partial charge in [-0.1, -0.05) is 0 Å². The molecule has 1 aliphatic heterocycles. The van der Waals surface area contributed by atoms with Crippen LogP contribution in [0, 0.1) is 0 Å². The Kier molecular flexibility index (Phi) is 6.96. The molecule has 1 fully saturated rings. The SMILES string of the molecule is CC(=O)N(C)c1ccc(C(=O)NCCN2CCC(N(C)C)CC2)cc1. The Labute approximate surface area is 150 Å². The summed E-state index contributed by atoms with van der Waals surface area (Å²) in [7, 11) is 6.00. The number of benzene rings is 1. The molecule has 1 N–H and O–H groups in total. The standard InChI is InChI=1S/C19H30N4O2/c1-15(24)22(4)18-7-5-16(6-8-18)19(25)20-11-14-23-12-9-17(10-13-23)21(2)3/h5-8,17H,9-14H2,1-4H3,(H,20,25). The predicted molar refractivity (Wildman–Crippen MR) is 101 cm³/mol. The molecule has 6 heteroatoms. The highest BCUT2D eigenvalue weighted by Crippen LogP contribution is 2.15. The first-order valence-electron chi connectivity index (χ1n) is 8.90. The lowest BCUT2D eigenvalue weighted by atomic mass is 10.0. The maximum absolute atomic E-state index is 12.2. The Morgan fingerprint density at radius 2 is 1.72 bits per heavy atom. The molecule has 1 aromatic rings. The van der Waals surface area contributed by atoms with Crippen molar-refractivity contribution < 1.29 is 9.59 Å². The van der Waals surface area contributed by atoms with Crippen molar-refractivity contribution in [3.05, 3.63) is 29.8 Å². The highest BCUT2D eigenvalue weighted by molar-refractivity contribution is 5.95. The summed E-state index contributed by atoms with van der Waals surface area (Å²) >= 11 is 0. The second-order valence-corrected chi connectivity index (χ2v) is 6.92. The molecule has 0 aliphatic carbocycles. The van der Waals surface area contributed by atoms with Crippen molar-refractivity contribution in [2.45, 2.75) is 25.8 Å². The van der Waals surface area contributed by atoms with E-state index < -0.39 is 0 Å². The Bertz CT molecular complexity index is 578. The summed E-state index contributed by atoms with van der Waals surface area (Å²) in [5.74, 6) is -0.101. The third-order valence-electron chi connectivity index (χ3n) is 4.99. The quantitative estimate of drug-likeness (QED) is 0.847. The van der Waals surface area contributed by atoms with Crippen LogP contribution in [0.5, 0.6) is 0 Å². The van der Waals surface area contributed by atoms with Gasteiger partial charge in [0.15, 0.2) is 0 Å². The molecule has 0 bridgehead atoms. The highest BCUT2D eigenvalue weighted by atomic mass is 16.2. The predicted octanol–water partition coefficient (Wildman–Crippen LogP) is 1.43. The number of piperidine rings is 1. The van der Waals surface area contributed by atoms with E-state index in [9.17, 15) is 9.59 Å². The molecule has 2 amide bonds. The molecule has 0 aromatic heterocycles. The third kappa shape index (κ3) is 5.54. The van der Waals surface area contributed by atoms with E-state index in [0.717, 1.165) is 25.3 Å². The smallest absolute Gasteiger partial charge is 0.251 e. The fourth-order valence-electron chi connectivity index (χ4n) is 3.11. The van der Waals surface area contributed by atoms with Gasteiger partial charge in [-0.25, -0.2) is 0 Å². The summed E-state index contributed by atoms with van der Waals surface area (Å²) in [5, 5.41) is 2.98. The number of nitrogens with one attached hydrogen (secondary N) is 1. The molecular weight excluding hydrogens is 316 g/mol. The lowest BCUT2D eigenvalue weighted by molar-refractivity contribution is -0.116. The molecule has 138 valence electrons. The van der Waals surface area contributed by atoms with Gasteiger partial charge in [-0.2, -0.15) is 0 Å². The molecule has 1 aromatic carbocycles. The molecule has 0 radical (unpaired) electrons. The van der Waals surface area contributed by atoms with Gasteiger partial charge in [0.25, 0.3) is 5.91 Å². The third-order valence-corrected chi connectivity index (χ3v) is 4.99. The van der Waals surface area contributed by atoms with E-state index in [-0.39, 0.29) is 11.8 Å². The lowest BCUT2D eigenvalue weighted by Gasteiger charge is -2.35. The first kappa shape index (κ1) is 19.4. The van der Waals surface area contributed by atoms with Gasteiger partial charge in [-0.05, 0) is 64.3 Å². The Morgan fingerprint density at radius 3 is 2.24 bits per heavy atom. The zero-order valence-corrected chi connectivity index (χ0v) is 15.8. The van der Waals surface area contributed by atoms with Crippen molar-refractivity contribution in [3.63, 3.8) is 0 Å². The maximum Gasteiger partial charge on any atom is 0.251 e. The Balaban J connectivity index is 1.74. The number of carbonyl (C=O) groups excluding carboxylic acids is 2. The summed E-state index contributed by atoms with van der Waals surface area (Å²) < 4.78 is 0. The average Bonchev–Trinajstić information content (AvgIpc) is 2.61. The molecule has 2 rings (SSSR count). The molecule has 1 saturated heterocycles. The summed E-state index contributed by atoms with van der Waals surface area (Å²) in [4.78, 5) is 29.8. The molecule has 25 heavy (non-hydrogen) atoms. The molecule has 0 saturated carbocycles. The van der Waals surface area contributed by atoms with Gasteiger partial charge >= 0.3 is 0 Å². The number of likely N-dealkylation sites (tertiary alicyclic amines) is 1. The van der Waals surface area contributed by atoms with Crippen molar-refractivity contribution in [1.29, 1.82) is 0 Å². The first-order valence-corrected chi connectivity index (χ1v) is 8.90. The largest absolute Gasteiger partial charge is 0.351 e. The lowest BCUT2D eigenvalue weighted by Crippen LogP contribution is -2.44. The van der Waals surface area contributed by atoms with Gasteiger partial charge in [0, 0.05) is 44.4 Å². The summed E-state index contributed by atoms with van der Waals surface area (Å²) in [6, 6.07) is 7.78. The Morgan fingerprint density at radius 1 is 1.12 bits per heavy atom. The minimum Gasteiger partial charge on any atom is -0.351 e. The van der Waals surface area contributed by atoms with Crippen molar-refractivity contribution in [2.24, 2.45) is 0 Å².